The van der Waals surface area contributed by atoms with E-state index in [4.69, 9.17) is 23.5 Å². The summed E-state index contributed by atoms with van der Waals surface area (Å²) < 4.78 is 27.0. The van der Waals surface area contributed by atoms with Crippen molar-refractivity contribution < 1.29 is 23.5 Å². The second-order valence-corrected chi connectivity index (χ2v) is 5.71. The zero-order chi connectivity index (χ0) is 17.7. The van der Waals surface area contributed by atoms with Gasteiger partial charge in [-0.3, -0.25) is 0 Å². The van der Waals surface area contributed by atoms with E-state index >= 15 is 0 Å². The monoisotopic (exact) mass is 346 g/mol. The van der Waals surface area contributed by atoms with Crippen LogP contribution in [0, 0.1) is 0 Å². The second kappa shape index (κ2) is 7.67. The zero-order valence-electron chi connectivity index (χ0n) is 14.7. The summed E-state index contributed by atoms with van der Waals surface area (Å²) >= 11 is 0. The Balaban J connectivity index is 1.80. The van der Waals surface area contributed by atoms with Crippen LogP contribution in [-0.2, 0) is 15.1 Å². The quantitative estimate of drug-likeness (QED) is 0.796. The number of rotatable bonds is 6. The minimum atomic E-state index is -0.536. The van der Waals surface area contributed by atoms with Gasteiger partial charge in [-0.15, -0.1) is 0 Å². The molecule has 7 heteroatoms. The molecule has 0 spiro atoms. The fourth-order valence-electron chi connectivity index (χ4n) is 2.83. The predicted molar refractivity (Wildman–Crippen MR) is 91.5 cm³/mol. The molecule has 2 heterocycles. The van der Waals surface area contributed by atoms with Crippen molar-refractivity contribution in [1.29, 1.82) is 0 Å². The first-order chi connectivity index (χ1) is 12.2. The first-order valence-electron chi connectivity index (χ1n) is 8.08. The Morgan fingerprint density at radius 2 is 1.88 bits per heavy atom. The lowest BCUT2D eigenvalue weighted by Crippen LogP contribution is -2.36. The Labute approximate surface area is 146 Å². The molecule has 0 bridgehead atoms. The molecule has 3 rings (SSSR count). The Morgan fingerprint density at radius 1 is 1.08 bits per heavy atom. The smallest absolute Gasteiger partial charge is 0.250 e. The third kappa shape index (κ3) is 3.67. The van der Waals surface area contributed by atoms with Crippen LogP contribution in [0.25, 0.3) is 12.2 Å². The molecule has 1 fully saturated rings. The Morgan fingerprint density at radius 3 is 2.56 bits per heavy atom. The lowest BCUT2D eigenvalue weighted by Gasteiger charge is -2.32. The van der Waals surface area contributed by atoms with Gasteiger partial charge in [0.05, 0.1) is 14.2 Å². The van der Waals surface area contributed by atoms with E-state index in [1.807, 2.05) is 24.3 Å². The van der Waals surface area contributed by atoms with Gasteiger partial charge in [-0.2, -0.15) is 4.98 Å². The van der Waals surface area contributed by atoms with Gasteiger partial charge in [0.25, 0.3) is 5.89 Å². The van der Waals surface area contributed by atoms with Gasteiger partial charge in [0.2, 0.25) is 5.82 Å². The molecule has 1 aliphatic heterocycles. The molecule has 0 N–H and O–H groups in total. The largest absolute Gasteiger partial charge is 0.497 e. The number of aromatic nitrogens is 2. The van der Waals surface area contributed by atoms with Crippen molar-refractivity contribution in [3.63, 3.8) is 0 Å². The number of benzene rings is 1. The molecule has 7 nitrogen and oxygen atoms in total. The van der Waals surface area contributed by atoms with Crippen molar-refractivity contribution in [2.24, 2.45) is 0 Å². The number of ether oxygens (including phenoxy) is 4. The predicted octanol–water partition coefficient (Wildman–Crippen LogP) is 2.91. The maximum absolute atomic E-state index is 5.68. The van der Waals surface area contributed by atoms with Crippen LogP contribution in [0.3, 0.4) is 0 Å². The van der Waals surface area contributed by atoms with Crippen molar-refractivity contribution in [1.82, 2.24) is 10.1 Å². The summed E-state index contributed by atoms with van der Waals surface area (Å²) in [7, 11) is 4.90. The fraction of sp³-hybridized carbons (Fsp3) is 0.444. The van der Waals surface area contributed by atoms with Gasteiger partial charge in [-0.05, 0) is 18.2 Å². The minimum absolute atomic E-state index is 0.413. The normalized spacial score (nSPS) is 16.9. The van der Waals surface area contributed by atoms with Crippen LogP contribution >= 0.6 is 0 Å². The number of hydrogen-bond acceptors (Lipinski definition) is 7. The molecule has 0 unspecified atom stereocenters. The van der Waals surface area contributed by atoms with E-state index in [-0.39, 0.29) is 0 Å². The molecular weight excluding hydrogens is 324 g/mol. The summed E-state index contributed by atoms with van der Waals surface area (Å²) in [5, 5.41) is 4.10. The van der Waals surface area contributed by atoms with Gasteiger partial charge in [0, 0.05) is 50.9 Å². The lowest BCUT2D eigenvalue weighted by molar-refractivity contribution is -0.101. The first kappa shape index (κ1) is 17.4. The highest BCUT2D eigenvalue weighted by Gasteiger charge is 2.39. The molecule has 0 radical (unpaired) electrons. The topological polar surface area (TPSA) is 75.8 Å². The molecule has 0 saturated carbocycles. The van der Waals surface area contributed by atoms with E-state index in [0.717, 1.165) is 11.3 Å². The maximum atomic E-state index is 5.68. The zero-order valence-corrected chi connectivity index (χ0v) is 14.7. The van der Waals surface area contributed by atoms with Crippen LogP contribution < -0.4 is 9.47 Å². The van der Waals surface area contributed by atoms with Gasteiger partial charge in [0.15, 0.2) is 0 Å². The molecule has 1 aromatic carbocycles. The van der Waals surface area contributed by atoms with E-state index in [2.05, 4.69) is 10.1 Å². The summed E-state index contributed by atoms with van der Waals surface area (Å²) in [5.41, 5.74) is 0.349. The highest BCUT2D eigenvalue weighted by Crippen LogP contribution is 2.33. The van der Waals surface area contributed by atoms with Crippen molar-refractivity contribution in [3.05, 3.63) is 35.5 Å². The van der Waals surface area contributed by atoms with Crippen LogP contribution in [-0.4, -0.2) is 44.7 Å². The van der Waals surface area contributed by atoms with Crippen molar-refractivity contribution in [2.75, 3.05) is 34.5 Å². The SMILES string of the molecule is COc1ccc(/C=C/c2nc(C3(OC)CCOCC3)no2)c(OC)c1. The standard InChI is InChI=1S/C18H22N2O5/c1-21-14-6-4-13(15(12-14)22-2)5-7-16-19-17(20-25-16)18(23-3)8-10-24-11-9-18/h4-7,12H,8-11H2,1-3H3/b7-5+. The maximum Gasteiger partial charge on any atom is 0.250 e. The van der Waals surface area contributed by atoms with Gasteiger partial charge in [-0.1, -0.05) is 5.16 Å². The Kier molecular flexibility index (Phi) is 5.35. The van der Waals surface area contributed by atoms with Crippen LogP contribution in [0.5, 0.6) is 11.5 Å². The van der Waals surface area contributed by atoms with Crippen LogP contribution in [0.4, 0.5) is 0 Å². The first-order valence-corrected chi connectivity index (χ1v) is 8.08. The molecule has 2 aromatic rings. The molecule has 0 atom stereocenters. The highest BCUT2D eigenvalue weighted by molar-refractivity contribution is 5.70. The third-order valence-electron chi connectivity index (χ3n) is 4.39. The van der Waals surface area contributed by atoms with E-state index in [9.17, 15) is 0 Å². The van der Waals surface area contributed by atoms with E-state index < -0.39 is 5.60 Å². The molecule has 25 heavy (non-hydrogen) atoms. The van der Waals surface area contributed by atoms with Gasteiger partial charge >= 0.3 is 0 Å². The van der Waals surface area contributed by atoms with E-state index in [0.29, 0.717) is 43.5 Å². The molecule has 0 amide bonds. The summed E-state index contributed by atoms with van der Waals surface area (Å²) in [6.45, 7) is 1.24. The summed E-state index contributed by atoms with van der Waals surface area (Å²) in [5.74, 6) is 2.40. The number of nitrogens with zero attached hydrogens (tertiary/aromatic N) is 2. The highest BCUT2D eigenvalue weighted by atomic mass is 16.5. The van der Waals surface area contributed by atoms with Crippen LogP contribution in [0.1, 0.15) is 30.1 Å². The molecule has 134 valence electrons. The molecular formula is C18H22N2O5. The Hall–Kier alpha value is -2.38. The Bertz CT molecular complexity index is 735. The summed E-state index contributed by atoms with van der Waals surface area (Å²) in [6, 6.07) is 5.59. The molecule has 1 aromatic heterocycles. The van der Waals surface area contributed by atoms with Gasteiger partial charge < -0.3 is 23.5 Å². The average Bonchev–Trinajstić information content (AvgIpc) is 3.16. The second-order valence-electron chi connectivity index (χ2n) is 5.71. The number of hydrogen-bond donors (Lipinski definition) is 0. The van der Waals surface area contributed by atoms with Crippen molar-refractivity contribution in [2.45, 2.75) is 18.4 Å². The van der Waals surface area contributed by atoms with Gasteiger partial charge in [0.1, 0.15) is 17.1 Å². The van der Waals surface area contributed by atoms with Gasteiger partial charge in [-0.25, -0.2) is 0 Å². The average molecular weight is 346 g/mol. The van der Waals surface area contributed by atoms with Crippen molar-refractivity contribution in [3.8, 4) is 11.5 Å². The van der Waals surface area contributed by atoms with E-state index in [1.165, 1.54) is 0 Å². The molecule has 0 aliphatic carbocycles. The number of methoxy groups -OCH3 is 3. The minimum Gasteiger partial charge on any atom is -0.497 e. The fourth-order valence-corrected chi connectivity index (χ4v) is 2.83. The molecule has 1 aliphatic rings. The summed E-state index contributed by atoms with van der Waals surface area (Å²) in [4.78, 5) is 4.47. The van der Waals surface area contributed by atoms with Crippen molar-refractivity contribution >= 4 is 12.2 Å². The van der Waals surface area contributed by atoms with Crippen LogP contribution in [0.15, 0.2) is 22.7 Å². The lowest BCUT2D eigenvalue weighted by atomic mass is 9.93. The van der Waals surface area contributed by atoms with Crippen LogP contribution in [0.2, 0.25) is 0 Å². The third-order valence-corrected chi connectivity index (χ3v) is 4.39. The summed E-state index contributed by atoms with van der Waals surface area (Å²) in [6.07, 6.45) is 5.03. The van der Waals surface area contributed by atoms with E-state index in [1.54, 1.807) is 27.4 Å². The molecule has 1 saturated heterocycles.